The lowest BCUT2D eigenvalue weighted by Gasteiger charge is -2.53. The molecular formula is C71H130N14O6. The highest BCUT2D eigenvalue weighted by molar-refractivity contribution is 6.05. The highest BCUT2D eigenvalue weighted by Crippen LogP contribution is 2.45. The van der Waals surface area contributed by atoms with Gasteiger partial charge in [-0.2, -0.15) is 0 Å². The Bertz CT molecular complexity index is 2370. The number of imide groups is 1. The normalized spacial score (nSPS) is 29.9. The summed E-state index contributed by atoms with van der Waals surface area (Å²) in [5, 5.41) is 18.6. The van der Waals surface area contributed by atoms with Gasteiger partial charge in [0.25, 0.3) is 0 Å². The zero-order valence-electron chi connectivity index (χ0n) is 61.5. The summed E-state index contributed by atoms with van der Waals surface area (Å²) >= 11 is 0. The molecule has 520 valence electrons. The molecule has 20 heteroatoms. The molecule has 10 fully saturated rings. The van der Waals surface area contributed by atoms with Gasteiger partial charge in [0.1, 0.15) is 0 Å². The van der Waals surface area contributed by atoms with Gasteiger partial charge in [-0.15, -0.1) is 0 Å². The van der Waals surface area contributed by atoms with E-state index >= 15 is 0 Å². The fraction of sp³-hybridized carbons (Fsp3) is 0.915. The molecule has 0 radical (unpaired) electrons. The quantitative estimate of drug-likeness (QED) is 0.0526. The summed E-state index contributed by atoms with van der Waals surface area (Å²) in [4.78, 5) is 95.3. The van der Waals surface area contributed by atoms with E-state index in [9.17, 15) is 28.8 Å². The molecule has 10 aliphatic heterocycles. The van der Waals surface area contributed by atoms with Crippen LogP contribution in [0.5, 0.6) is 0 Å². The molecule has 0 aliphatic carbocycles. The van der Waals surface area contributed by atoms with Crippen LogP contribution >= 0.6 is 0 Å². The van der Waals surface area contributed by atoms with Gasteiger partial charge >= 0.3 is 12.1 Å². The highest BCUT2D eigenvalue weighted by atomic mass is 16.2. The lowest BCUT2D eigenvalue weighted by Crippen LogP contribution is -2.68. The number of carbonyl (C=O) groups excluding carboxylic acids is 6. The van der Waals surface area contributed by atoms with Gasteiger partial charge in [-0.1, -0.05) is 40.0 Å². The molecule has 8 amide bonds. The van der Waals surface area contributed by atoms with Crippen molar-refractivity contribution in [2.24, 2.45) is 17.8 Å². The van der Waals surface area contributed by atoms with E-state index in [0.717, 1.165) is 129 Å². The van der Waals surface area contributed by atoms with Crippen molar-refractivity contribution < 1.29 is 28.8 Å². The molecule has 20 nitrogen and oxygen atoms in total. The van der Waals surface area contributed by atoms with Crippen molar-refractivity contribution >= 4 is 36.7 Å². The minimum Gasteiger partial charge on any atom is -0.342 e. The summed E-state index contributed by atoms with van der Waals surface area (Å²) in [5.74, 6) is 0.305. The van der Waals surface area contributed by atoms with Gasteiger partial charge in [-0.3, -0.25) is 53.5 Å². The van der Waals surface area contributed by atoms with E-state index in [2.05, 4.69) is 189 Å². The Labute approximate surface area is 551 Å². The number of carbonyl (C=O) groups is 6. The summed E-state index contributed by atoms with van der Waals surface area (Å²) in [6.07, 6.45) is 17.5. The molecule has 10 heterocycles. The smallest absolute Gasteiger partial charge is 0.325 e. The van der Waals surface area contributed by atoms with Crippen LogP contribution in [0.25, 0.3) is 0 Å². The number of likely N-dealkylation sites (tertiary alicyclic amines) is 1. The maximum atomic E-state index is 13.8. The van der Waals surface area contributed by atoms with Crippen molar-refractivity contribution in [3.05, 3.63) is 0 Å². The Morgan fingerprint density at radius 3 is 0.978 bits per heavy atom. The molecule has 10 aliphatic rings. The van der Waals surface area contributed by atoms with Crippen LogP contribution < -0.4 is 26.6 Å². The molecule has 0 aromatic carbocycles. The number of hydrogen-bond acceptors (Lipinski definition) is 13. The molecule has 91 heavy (non-hydrogen) atoms. The Morgan fingerprint density at radius 1 is 0.429 bits per heavy atom. The fourth-order valence-electron chi connectivity index (χ4n) is 19.9. The Balaban J connectivity index is 0.000000181. The summed E-state index contributed by atoms with van der Waals surface area (Å²) < 4.78 is 0. The third-order valence-corrected chi connectivity index (χ3v) is 22.0. The second-order valence-electron chi connectivity index (χ2n) is 37.1. The van der Waals surface area contributed by atoms with E-state index in [0.29, 0.717) is 56.8 Å². The number of hydrogen-bond donors (Lipinski definition) is 5. The topological polar surface area (TPSA) is 192 Å². The number of unbranched alkanes of at least 4 members (excludes halogenated alkanes) is 3. The van der Waals surface area contributed by atoms with E-state index in [4.69, 9.17) is 0 Å². The average Bonchev–Trinajstić information content (AvgIpc) is 1.55. The van der Waals surface area contributed by atoms with Crippen LogP contribution in [0.4, 0.5) is 9.59 Å². The molecule has 0 spiro atoms. The molecule has 5 N–H and O–H groups in total. The van der Waals surface area contributed by atoms with Crippen molar-refractivity contribution in [1.29, 1.82) is 0 Å². The number of piperidine rings is 5. The van der Waals surface area contributed by atoms with E-state index in [1.807, 2.05) is 36.3 Å². The molecule has 0 saturated carbocycles. The van der Waals surface area contributed by atoms with Crippen LogP contribution in [-0.4, -0.2) is 218 Å². The summed E-state index contributed by atoms with van der Waals surface area (Å²) in [6, 6.07) is 1.40. The molecule has 10 saturated heterocycles. The van der Waals surface area contributed by atoms with Crippen molar-refractivity contribution in [3.8, 4) is 0 Å². The first kappa shape index (κ1) is 73.2. The van der Waals surface area contributed by atoms with Crippen LogP contribution in [0.2, 0.25) is 0 Å². The molecule has 0 bridgehead atoms. The van der Waals surface area contributed by atoms with E-state index in [1.54, 1.807) is 4.90 Å². The summed E-state index contributed by atoms with van der Waals surface area (Å²) in [5.41, 5.74) is 0.0932. The summed E-state index contributed by atoms with van der Waals surface area (Å²) in [6.45, 7) is 54.8. The lowest BCUT2D eigenvalue weighted by atomic mass is 9.79. The number of rotatable bonds is 17. The minimum absolute atomic E-state index is 0.0102. The number of urea groups is 2. The third kappa shape index (κ3) is 17.5. The standard InChI is InChI=1S/C26H46N8O2.C26H50N4O2.C19H34N2O2/c1-23(2)9-17(10-24(3,4)27-23)29-13-31-19-20-33(21(31)35)15-30(16-34(20)22(36)32(19)14-29)18-11-25(5,6)28-26(7,8)12-18;1-23(2)15-21(16-24(3,4)27-23)29(19-31)13-11-9-10-12-14-30(20-32)22-17-25(5,6)28-26(7,8)18-22;1-8-12(2)9-15-13(3)16(22)21(17(15)23)14-10-18(4,5)20-19(6,7)11-14/h17-20,27-28H,9-16H2,1-8H3;19-22,27-28H,9-18H2,1-8H3;12-15,20H,8-11H2,1-7H3. The van der Waals surface area contributed by atoms with Crippen molar-refractivity contribution in [3.63, 3.8) is 0 Å². The first-order valence-electron chi connectivity index (χ1n) is 35.6. The second-order valence-corrected chi connectivity index (χ2v) is 37.1. The minimum atomic E-state index is -0.174. The Kier molecular flexibility index (Phi) is 21.2. The van der Waals surface area contributed by atoms with Gasteiger partial charge < -0.3 is 36.4 Å². The first-order valence-corrected chi connectivity index (χ1v) is 35.6. The van der Waals surface area contributed by atoms with Gasteiger partial charge in [0.2, 0.25) is 24.6 Å². The summed E-state index contributed by atoms with van der Waals surface area (Å²) in [7, 11) is 0. The fourth-order valence-corrected chi connectivity index (χ4v) is 19.9. The maximum absolute atomic E-state index is 13.8. The van der Waals surface area contributed by atoms with Gasteiger partial charge in [0.15, 0.2) is 12.3 Å². The zero-order valence-corrected chi connectivity index (χ0v) is 61.5. The predicted molar refractivity (Wildman–Crippen MR) is 363 cm³/mol. The van der Waals surface area contributed by atoms with Crippen LogP contribution in [0.1, 0.15) is 262 Å². The number of nitrogens with zero attached hydrogens (tertiary/aromatic N) is 9. The number of nitrogens with one attached hydrogen (secondary N) is 5. The largest absolute Gasteiger partial charge is 0.342 e. The average molecular weight is 1280 g/mol. The van der Waals surface area contributed by atoms with E-state index in [-0.39, 0.29) is 109 Å². The molecule has 3 atom stereocenters. The van der Waals surface area contributed by atoms with Gasteiger partial charge in [0, 0.05) is 105 Å². The maximum Gasteiger partial charge on any atom is 0.325 e. The Morgan fingerprint density at radius 2 is 0.703 bits per heavy atom. The van der Waals surface area contributed by atoms with Crippen molar-refractivity contribution in [2.75, 3.05) is 39.8 Å². The molecule has 0 aromatic heterocycles. The first-order chi connectivity index (χ1) is 41.7. The lowest BCUT2D eigenvalue weighted by molar-refractivity contribution is -0.144. The molecule has 0 aromatic rings. The van der Waals surface area contributed by atoms with Crippen molar-refractivity contribution in [2.45, 2.75) is 360 Å². The predicted octanol–water partition coefficient (Wildman–Crippen LogP) is 9.63. The molecular weight excluding hydrogens is 1140 g/mol. The van der Waals surface area contributed by atoms with Gasteiger partial charge in [-0.25, -0.2) is 9.59 Å². The Hall–Kier alpha value is -3.66. The van der Waals surface area contributed by atoms with E-state index in [1.165, 1.54) is 0 Å². The van der Waals surface area contributed by atoms with Crippen LogP contribution in [0.3, 0.4) is 0 Å². The second kappa shape index (κ2) is 26.4. The van der Waals surface area contributed by atoms with Crippen molar-refractivity contribution in [1.82, 2.24) is 70.7 Å². The molecule has 3 unspecified atom stereocenters. The zero-order chi connectivity index (χ0) is 67.8. The van der Waals surface area contributed by atoms with Gasteiger partial charge in [-0.05, 0) is 228 Å². The third-order valence-electron chi connectivity index (χ3n) is 22.0. The van der Waals surface area contributed by atoms with Crippen LogP contribution in [0, 0.1) is 17.8 Å². The van der Waals surface area contributed by atoms with E-state index < -0.39 is 0 Å². The highest BCUT2D eigenvalue weighted by Gasteiger charge is 2.65. The SMILES string of the molecule is CC1(C)CC(N(C=O)CCCCCCN(C=O)C2CC(C)(C)NC(C)(C)C2)CC(C)(C)N1.CC1(C)CC(N2CN3C(=O)N4CN(C5CC(C)(C)NC(C)(C)C5)CN5C(=O)N(C2)C3C45)CC(C)(C)N1.CCC(C)CC1C(=O)N(C2CC(C)(C)NC(C)(C)C2)C(=O)C1C. The van der Waals surface area contributed by atoms with Gasteiger partial charge in [0.05, 0.1) is 32.6 Å². The van der Waals surface area contributed by atoms with Crippen LogP contribution in [0.15, 0.2) is 0 Å². The van der Waals surface area contributed by atoms with Crippen LogP contribution in [-0.2, 0) is 19.2 Å². The monoisotopic (exact) mass is 1280 g/mol. The molecule has 10 rings (SSSR count). The number of amides is 8.